The molecule has 0 radical (unpaired) electrons. The summed E-state index contributed by atoms with van der Waals surface area (Å²) < 4.78 is 0. The van der Waals surface area contributed by atoms with Crippen LogP contribution in [0.15, 0.2) is 12.2 Å². The van der Waals surface area contributed by atoms with Gasteiger partial charge in [-0.3, -0.25) is 4.79 Å². The molecule has 0 aliphatic heterocycles. The summed E-state index contributed by atoms with van der Waals surface area (Å²) in [5.41, 5.74) is 0.580. The molecule has 188 valence electrons. The van der Waals surface area contributed by atoms with Gasteiger partial charge in [0, 0.05) is 11.8 Å². The van der Waals surface area contributed by atoms with Crippen molar-refractivity contribution in [2.24, 2.45) is 45.3 Å². The normalized spacial score (nSPS) is 47.1. The summed E-state index contributed by atoms with van der Waals surface area (Å²) in [5.74, 6) is 2.46. The van der Waals surface area contributed by atoms with Gasteiger partial charge in [0.05, 0.1) is 11.7 Å². The molecule has 0 aromatic carbocycles. The highest BCUT2D eigenvalue weighted by Crippen LogP contribution is 2.75. The zero-order valence-electron chi connectivity index (χ0n) is 22.5. The van der Waals surface area contributed by atoms with Gasteiger partial charge in [-0.15, -0.1) is 0 Å². The average molecular weight is 459 g/mol. The minimum absolute atomic E-state index is 0.196. The first-order valence-electron chi connectivity index (χ1n) is 13.7. The molecule has 0 spiro atoms. The van der Waals surface area contributed by atoms with E-state index in [9.17, 15) is 15.0 Å². The molecule has 2 N–H and O–H groups in total. The lowest BCUT2D eigenvalue weighted by Crippen LogP contribution is -2.63. The van der Waals surface area contributed by atoms with Crippen LogP contribution in [0.4, 0.5) is 0 Å². The molecular weight excluding hydrogens is 408 g/mol. The lowest BCUT2D eigenvalue weighted by Gasteiger charge is -2.69. The zero-order valence-corrected chi connectivity index (χ0v) is 22.5. The summed E-state index contributed by atoms with van der Waals surface area (Å²) in [6.45, 7) is 19.9. The van der Waals surface area contributed by atoms with Crippen LogP contribution in [0.2, 0.25) is 0 Å². The van der Waals surface area contributed by atoms with Gasteiger partial charge in [-0.2, -0.15) is 0 Å². The highest BCUT2D eigenvalue weighted by atomic mass is 16.3. The van der Waals surface area contributed by atoms with Gasteiger partial charge < -0.3 is 10.2 Å². The van der Waals surface area contributed by atoms with Crippen molar-refractivity contribution < 1.29 is 15.0 Å². The van der Waals surface area contributed by atoms with Gasteiger partial charge in [-0.25, -0.2) is 0 Å². The van der Waals surface area contributed by atoms with Crippen LogP contribution >= 0.6 is 0 Å². The molecule has 4 saturated carbocycles. The molecule has 0 saturated heterocycles. The average Bonchev–Trinajstić information content (AvgIpc) is 3.08. The quantitative estimate of drug-likeness (QED) is 0.450. The fraction of sp³-hybridized carbons (Fsp3) is 0.900. The van der Waals surface area contributed by atoms with E-state index in [4.69, 9.17) is 0 Å². The minimum atomic E-state index is -0.748. The van der Waals surface area contributed by atoms with Crippen molar-refractivity contribution in [3.63, 3.8) is 0 Å². The maximum absolute atomic E-state index is 12.9. The molecule has 33 heavy (non-hydrogen) atoms. The van der Waals surface area contributed by atoms with Crippen LogP contribution in [0.1, 0.15) is 113 Å². The topological polar surface area (TPSA) is 57.5 Å². The van der Waals surface area contributed by atoms with Gasteiger partial charge in [0.1, 0.15) is 5.78 Å². The van der Waals surface area contributed by atoms with Crippen LogP contribution < -0.4 is 0 Å². The van der Waals surface area contributed by atoms with Crippen LogP contribution in [-0.4, -0.2) is 27.7 Å². The van der Waals surface area contributed by atoms with Crippen molar-refractivity contribution in [1.29, 1.82) is 0 Å². The summed E-state index contributed by atoms with van der Waals surface area (Å²) >= 11 is 0. The van der Waals surface area contributed by atoms with E-state index in [0.29, 0.717) is 42.3 Å². The fourth-order valence-electron chi connectivity index (χ4n) is 10.1. The number of carbonyl (C=O) groups is 1. The van der Waals surface area contributed by atoms with Gasteiger partial charge in [0.2, 0.25) is 0 Å². The first-order chi connectivity index (χ1) is 15.1. The Labute approximate surface area is 202 Å². The highest BCUT2D eigenvalue weighted by molar-refractivity contribution is 5.85. The first kappa shape index (κ1) is 25.4. The molecular formula is C30H50O3. The molecule has 4 rings (SSSR count). The molecule has 3 nitrogen and oxygen atoms in total. The van der Waals surface area contributed by atoms with E-state index in [2.05, 4.69) is 41.2 Å². The van der Waals surface area contributed by atoms with Crippen molar-refractivity contribution in [3.8, 4) is 0 Å². The number of aliphatic hydroxyl groups is 2. The van der Waals surface area contributed by atoms with Crippen LogP contribution in [0, 0.1) is 45.3 Å². The second kappa shape index (κ2) is 7.92. The van der Waals surface area contributed by atoms with Crippen LogP contribution in [0.25, 0.3) is 0 Å². The van der Waals surface area contributed by atoms with Gasteiger partial charge in [-0.05, 0) is 112 Å². The summed E-state index contributed by atoms with van der Waals surface area (Å²) in [7, 11) is 0. The molecule has 0 bridgehead atoms. The van der Waals surface area contributed by atoms with E-state index < -0.39 is 11.7 Å². The number of hydrogen-bond acceptors (Lipinski definition) is 3. The molecule has 0 heterocycles. The second-order valence-corrected chi connectivity index (χ2v) is 14.2. The zero-order chi connectivity index (χ0) is 24.6. The molecule has 4 fully saturated rings. The number of carbonyl (C=O) groups excluding carboxylic acids is 1. The lowest BCUT2D eigenvalue weighted by atomic mass is 9.35. The van der Waals surface area contributed by atoms with E-state index in [1.54, 1.807) is 0 Å². The third kappa shape index (κ3) is 3.53. The molecule has 9 atom stereocenters. The smallest absolute Gasteiger partial charge is 0.138 e. The Morgan fingerprint density at radius 3 is 2.30 bits per heavy atom. The van der Waals surface area contributed by atoms with Crippen molar-refractivity contribution in [3.05, 3.63) is 12.2 Å². The van der Waals surface area contributed by atoms with Gasteiger partial charge >= 0.3 is 0 Å². The predicted octanol–water partition coefficient (Wildman–Crippen LogP) is 6.71. The number of ketones is 1. The highest BCUT2D eigenvalue weighted by Gasteiger charge is 2.69. The van der Waals surface area contributed by atoms with Crippen molar-refractivity contribution in [2.75, 3.05) is 0 Å². The lowest BCUT2D eigenvalue weighted by molar-refractivity contribution is -0.207. The fourth-order valence-corrected chi connectivity index (χ4v) is 10.1. The number of hydrogen-bond donors (Lipinski definition) is 2. The van der Waals surface area contributed by atoms with E-state index >= 15 is 0 Å². The Hall–Kier alpha value is -0.670. The molecule has 4 aliphatic rings. The molecule has 3 heteroatoms. The molecule has 0 aromatic rings. The van der Waals surface area contributed by atoms with Gasteiger partial charge in [0.15, 0.2) is 0 Å². The molecule has 0 amide bonds. The number of fused-ring (bicyclic) bond motifs is 5. The minimum Gasteiger partial charge on any atom is -0.390 e. The van der Waals surface area contributed by atoms with Crippen LogP contribution in [-0.2, 0) is 4.79 Å². The van der Waals surface area contributed by atoms with Crippen molar-refractivity contribution in [1.82, 2.24) is 0 Å². The third-order valence-electron chi connectivity index (χ3n) is 12.4. The third-order valence-corrected chi connectivity index (χ3v) is 12.4. The van der Waals surface area contributed by atoms with E-state index in [1.165, 1.54) is 25.7 Å². The summed E-state index contributed by atoms with van der Waals surface area (Å²) in [6, 6.07) is 0. The Bertz CT molecular complexity index is 811. The Balaban J connectivity index is 1.60. The summed E-state index contributed by atoms with van der Waals surface area (Å²) in [6.07, 6.45) is 9.58. The summed E-state index contributed by atoms with van der Waals surface area (Å²) in [4.78, 5) is 12.9. The Kier molecular flexibility index (Phi) is 6.10. The van der Waals surface area contributed by atoms with E-state index in [1.807, 2.05) is 13.8 Å². The van der Waals surface area contributed by atoms with E-state index in [0.717, 1.165) is 31.3 Å². The number of aliphatic hydroxyl groups excluding tert-OH is 1. The monoisotopic (exact) mass is 458 g/mol. The first-order valence-corrected chi connectivity index (χ1v) is 13.7. The Morgan fingerprint density at radius 2 is 1.67 bits per heavy atom. The second-order valence-electron chi connectivity index (χ2n) is 14.2. The Morgan fingerprint density at radius 1 is 1.03 bits per heavy atom. The standard InChI is InChI=1S/C30H50O3/c1-19(2)22(31)12-18-30(8,33)21-11-16-28(6)20(21)9-10-24-27(5)15-14-25(32)26(3,4)23(27)13-17-29(24,28)7/h20-24,31,33H,1,9-18H2,2-8H3/t20-,21+,22+,23+,24-,27+,28+,29-,30+/m1/s1. The SMILES string of the molecule is C=C(C)[C@@H](O)CC[C@](C)(O)[C@H]1CC[C@@]2(C)[C@@H]1CC[C@@H]1[C@@]3(C)CCC(=O)C(C)(C)[C@@H]3CC[C@]12C. The number of Topliss-reactive ketones (excluding diaryl/α,β-unsaturated/α-hetero) is 1. The molecule has 0 aromatic heterocycles. The van der Waals surface area contributed by atoms with Gasteiger partial charge in [0.25, 0.3) is 0 Å². The maximum atomic E-state index is 12.9. The molecule has 0 unspecified atom stereocenters. The van der Waals surface area contributed by atoms with Crippen molar-refractivity contribution >= 4 is 5.78 Å². The van der Waals surface area contributed by atoms with Crippen LogP contribution in [0.5, 0.6) is 0 Å². The van der Waals surface area contributed by atoms with E-state index in [-0.39, 0.29) is 21.7 Å². The maximum Gasteiger partial charge on any atom is 0.138 e. The largest absolute Gasteiger partial charge is 0.390 e. The summed E-state index contributed by atoms with van der Waals surface area (Å²) in [5, 5.41) is 21.9. The van der Waals surface area contributed by atoms with Gasteiger partial charge in [-0.1, -0.05) is 46.8 Å². The predicted molar refractivity (Wildman–Crippen MR) is 135 cm³/mol. The van der Waals surface area contributed by atoms with Crippen LogP contribution in [0.3, 0.4) is 0 Å². The van der Waals surface area contributed by atoms with Crippen molar-refractivity contribution in [2.45, 2.75) is 124 Å². The molecule has 4 aliphatic carbocycles. The number of rotatable bonds is 5.